The molecule has 0 aliphatic carbocycles. The predicted molar refractivity (Wildman–Crippen MR) is 128 cm³/mol. The fourth-order valence-corrected chi connectivity index (χ4v) is 4.58. The molecule has 0 N–H and O–H groups in total. The first-order valence-electron chi connectivity index (χ1n) is 10.8. The molecule has 0 saturated carbocycles. The molecule has 5 rings (SSSR count). The molecule has 3 aromatic carbocycles. The summed E-state index contributed by atoms with van der Waals surface area (Å²) in [4.78, 5) is 40.1. The van der Waals surface area contributed by atoms with Gasteiger partial charge in [-0.05, 0) is 24.3 Å². The van der Waals surface area contributed by atoms with E-state index in [1.807, 2.05) is 18.2 Å². The summed E-state index contributed by atoms with van der Waals surface area (Å²) in [6.45, 7) is -0.262. The molecule has 1 aliphatic heterocycles. The number of benzene rings is 3. The lowest BCUT2D eigenvalue weighted by Crippen LogP contribution is -2.40. The zero-order valence-corrected chi connectivity index (χ0v) is 19.4. The van der Waals surface area contributed by atoms with E-state index >= 15 is 0 Å². The number of hydrogen-bond acceptors (Lipinski definition) is 7. The third-order valence-electron chi connectivity index (χ3n) is 6.10. The number of ether oxygens (including phenoxy) is 4. The van der Waals surface area contributed by atoms with Crippen molar-refractivity contribution in [1.82, 2.24) is 9.13 Å². The van der Waals surface area contributed by atoms with Gasteiger partial charge in [0.1, 0.15) is 6.61 Å². The molecule has 0 unspecified atom stereocenters. The molecule has 0 radical (unpaired) electrons. The number of rotatable bonds is 6. The molecule has 0 bridgehead atoms. The van der Waals surface area contributed by atoms with E-state index in [0.29, 0.717) is 33.5 Å². The molecule has 0 amide bonds. The molecule has 2 heterocycles. The first kappa shape index (κ1) is 22.3. The Morgan fingerprint density at radius 3 is 2.17 bits per heavy atom. The molecule has 0 atom stereocenters. The number of fused-ring (bicyclic) bond motifs is 2. The molecular formula is C26H22N2O7. The van der Waals surface area contributed by atoms with E-state index in [4.69, 9.17) is 18.9 Å². The summed E-state index contributed by atoms with van der Waals surface area (Å²) >= 11 is 0. The van der Waals surface area contributed by atoms with Crippen LogP contribution in [0.25, 0.3) is 16.6 Å². The van der Waals surface area contributed by atoms with Gasteiger partial charge in [-0.3, -0.25) is 13.9 Å². The normalized spacial score (nSPS) is 12.4. The third-order valence-corrected chi connectivity index (χ3v) is 6.10. The van der Waals surface area contributed by atoms with Gasteiger partial charge in [0.25, 0.3) is 5.56 Å². The van der Waals surface area contributed by atoms with Crippen molar-refractivity contribution in [3.05, 3.63) is 92.1 Å². The molecule has 0 spiro atoms. The highest BCUT2D eigenvalue weighted by Crippen LogP contribution is 2.47. The van der Waals surface area contributed by atoms with Gasteiger partial charge in [0.15, 0.2) is 11.5 Å². The lowest BCUT2D eigenvalue weighted by molar-refractivity contribution is 0.0533. The van der Waals surface area contributed by atoms with Crippen molar-refractivity contribution in [1.29, 1.82) is 0 Å². The number of methoxy groups -OCH3 is 3. The van der Waals surface area contributed by atoms with Crippen LogP contribution in [0.1, 0.15) is 21.5 Å². The first-order valence-corrected chi connectivity index (χ1v) is 10.8. The molecule has 178 valence electrons. The summed E-state index contributed by atoms with van der Waals surface area (Å²) in [5.74, 6) is 0.153. The number of hydrogen-bond donors (Lipinski definition) is 0. The van der Waals surface area contributed by atoms with Crippen molar-refractivity contribution in [3.63, 3.8) is 0 Å². The molecule has 1 aliphatic rings. The van der Waals surface area contributed by atoms with Gasteiger partial charge in [-0.25, -0.2) is 9.59 Å². The minimum atomic E-state index is -0.591. The molecule has 4 aromatic rings. The summed E-state index contributed by atoms with van der Waals surface area (Å²) < 4.78 is 24.4. The maximum Gasteiger partial charge on any atom is 0.339 e. The number of para-hydroxylation sites is 2. The third kappa shape index (κ3) is 3.35. The maximum atomic E-state index is 13.8. The molecule has 9 heteroatoms. The molecule has 0 saturated heterocycles. The Hall–Kier alpha value is -4.53. The highest BCUT2D eigenvalue weighted by atomic mass is 16.5. The smallest absolute Gasteiger partial charge is 0.339 e. The highest BCUT2D eigenvalue weighted by molar-refractivity contribution is 5.98. The Kier molecular flexibility index (Phi) is 5.52. The van der Waals surface area contributed by atoms with Crippen molar-refractivity contribution in [2.24, 2.45) is 0 Å². The summed E-state index contributed by atoms with van der Waals surface area (Å²) in [5.41, 5.74) is 1.01. The summed E-state index contributed by atoms with van der Waals surface area (Å²) in [5, 5.41) is 0.356. The minimum absolute atomic E-state index is 0.0223. The van der Waals surface area contributed by atoms with Gasteiger partial charge in [0.2, 0.25) is 5.75 Å². The van der Waals surface area contributed by atoms with Gasteiger partial charge < -0.3 is 18.9 Å². The van der Waals surface area contributed by atoms with Crippen molar-refractivity contribution < 1.29 is 23.7 Å². The van der Waals surface area contributed by atoms with Crippen LogP contribution >= 0.6 is 0 Å². The second kappa shape index (κ2) is 8.68. The SMILES string of the molecule is COc1c2c(c(Cn3c(=O)c4ccccc4n(-c4ccccc4)c3=O)c(OC)c1OC)C(=O)OC2. The van der Waals surface area contributed by atoms with Crippen LogP contribution in [0.15, 0.2) is 64.2 Å². The van der Waals surface area contributed by atoms with E-state index < -0.39 is 17.2 Å². The highest BCUT2D eigenvalue weighted by Gasteiger charge is 2.35. The molecule has 0 fully saturated rings. The average molecular weight is 474 g/mol. The van der Waals surface area contributed by atoms with E-state index in [0.717, 1.165) is 4.57 Å². The Morgan fingerprint density at radius 1 is 0.829 bits per heavy atom. The van der Waals surface area contributed by atoms with Gasteiger partial charge in [0, 0.05) is 5.56 Å². The number of carbonyl (C=O) groups is 1. The summed E-state index contributed by atoms with van der Waals surface area (Å²) in [6.07, 6.45) is 0. The molecule has 1 aromatic heterocycles. The number of nitrogens with zero attached hydrogens (tertiary/aromatic N) is 2. The van der Waals surface area contributed by atoms with Crippen molar-refractivity contribution in [2.45, 2.75) is 13.2 Å². The Labute approximate surface area is 199 Å². The first-order chi connectivity index (χ1) is 17.0. The zero-order chi connectivity index (χ0) is 24.7. The van der Waals surface area contributed by atoms with Crippen LogP contribution in [0.5, 0.6) is 17.2 Å². The van der Waals surface area contributed by atoms with Gasteiger partial charge in [-0.15, -0.1) is 0 Å². The van der Waals surface area contributed by atoms with Crippen LogP contribution in [0, 0.1) is 0 Å². The Balaban J connectivity index is 1.84. The van der Waals surface area contributed by atoms with Gasteiger partial charge in [0.05, 0.1) is 55.6 Å². The van der Waals surface area contributed by atoms with Crippen LogP contribution in [0.3, 0.4) is 0 Å². The van der Waals surface area contributed by atoms with E-state index in [2.05, 4.69) is 0 Å². The molecule has 35 heavy (non-hydrogen) atoms. The van der Waals surface area contributed by atoms with E-state index in [-0.39, 0.29) is 30.2 Å². The lowest BCUT2D eigenvalue weighted by Gasteiger charge is -2.20. The van der Waals surface area contributed by atoms with Crippen LogP contribution in [0.4, 0.5) is 0 Å². The minimum Gasteiger partial charge on any atom is -0.492 e. The Morgan fingerprint density at radius 2 is 1.49 bits per heavy atom. The number of carbonyl (C=O) groups excluding carboxylic acids is 1. The molecular weight excluding hydrogens is 452 g/mol. The van der Waals surface area contributed by atoms with Crippen molar-refractivity contribution in [3.8, 4) is 22.9 Å². The van der Waals surface area contributed by atoms with Gasteiger partial charge in [-0.1, -0.05) is 30.3 Å². The van der Waals surface area contributed by atoms with E-state index in [1.165, 1.54) is 25.9 Å². The number of aromatic nitrogens is 2. The fourth-order valence-electron chi connectivity index (χ4n) is 4.58. The van der Waals surface area contributed by atoms with Crippen molar-refractivity contribution in [2.75, 3.05) is 21.3 Å². The number of cyclic esters (lactones) is 1. The summed E-state index contributed by atoms with van der Waals surface area (Å²) in [7, 11) is 4.31. The fraction of sp³-hybridized carbons (Fsp3) is 0.192. The van der Waals surface area contributed by atoms with Crippen LogP contribution in [-0.4, -0.2) is 36.4 Å². The van der Waals surface area contributed by atoms with E-state index in [9.17, 15) is 14.4 Å². The predicted octanol–water partition coefficient (Wildman–Crippen LogP) is 2.90. The summed E-state index contributed by atoms with van der Waals surface area (Å²) in [6, 6.07) is 15.9. The monoisotopic (exact) mass is 474 g/mol. The quantitative estimate of drug-likeness (QED) is 0.396. The van der Waals surface area contributed by atoms with Gasteiger partial charge >= 0.3 is 11.7 Å². The maximum absolute atomic E-state index is 13.8. The van der Waals surface area contributed by atoms with Crippen LogP contribution in [0.2, 0.25) is 0 Å². The van der Waals surface area contributed by atoms with Gasteiger partial charge in [-0.2, -0.15) is 0 Å². The second-order valence-electron chi connectivity index (χ2n) is 7.87. The molecule has 9 nitrogen and oxygen atoms in total. The number of esters is 1. The zero-order valence-electron chi connectivity index (χ0n) is 19.4. The lowest BCUT2D eigenvalue weighted by atomic mass is 9.99. The standard InChI is InChI=1S/C26H22N2O7/c1-32-21-17(20-18(14-35-25(20)30)22(33-2)23(21)34-3)13-27-24(29)16-11-7-8-12-19(16)28(26(27)31)15-9-5-4-6-10-15/h4-12H,13-14H2,1-3H3. The van der Waals surface area contributed by atoms with Crippen LogP contribution < -0.4 is 25.5 Å². The average Bonchev–Trinajstić information content (AvgIpc) is 3.27. The topological polar surface area (TPSA) is 98.0 Å². The Bertz CT molecular complexity index is 1590. The van der Waals surface area contributed by atoms with Crippen molar-refractivity contribution >= 4 is 16.9 Å². The van der Waals surface area contributed by atoms with E-state index in [1.54, 1.807) is 36.4 Å². The largest absolute Gasteiger partial charge is 0.492 e. The van der Waals surface area contributed by atoms with Crippen LogP contribution in [-0.2, 0) is 17.9 Å². The second-order valence-corrected chi connectivity index (χ2v) is 7.87.